The van der Waals surface area contributed by atoms with Crippen LogP contribution in [0, 0.1) is 5.41 Å². The molecule has 2 aliphatic heterocycles. The summed E-state index contributed by atoms with van der Waals surface area (Å²) in [5.41, 5.74) is 7.85. The molecule has 0 bridgehead atoms. The van der Waals surface area contributed by atoms with Gasteiger partial charge in [-0.15, -0.1) is 0 Å². The Bertz CT molecular complexity index is 2210. The molecule has 0 atom stereocenters. The van der Waals surface area contributed by atoms with Crippen LogP contribution in [0.3, 0.4) is 0 Å². The molecule has 61 heavy (non-hydrogen) atoms. The van der Waals surface area contributed by atoms with E-state index in [1.165, 1.54) is 33.4 Å². The molecule has 2 saturated heterocycles. The van der Waals surface area contributed by atoms with E-state index in [-0.39, 0.29) is 21.7 Å². The molecular formula is C53H58O6P2. The van der Waals surface area contributed by atoms with Crippen LogP contribution in [0.25, 0.3) is 0 Å². The Kier molecular flexibility index (Phi) is 12.4. The Morgan fingerprint density at radius 1 is 0.361 bits per heavy atom. The molecule has 8 heteroatoms. The topological polar surface area (TPSA) is 55.4 Å². The summed E-state index contributed by atoms with van der Waals surface area (Å²) in [5, 5.41) is 0. The Morgan fingerprint density at radius 3 is 0.934 bits per heavy atom. The lowest BCUT2D eigenvalue weighted by molar-refractivity contribution is -0.0673. The first-order chi connectivity index (χ1) is 29.2. The minimum absolute atomic E-state index is 0.219. The summed E-state index contributed by atoms with van der Waals surface area (Å²) >= 11 is 0. The standard InChI is InChI=1S/C53H58O6P2/c1-49(2,39-21-13-9-14-22-39)43-29-31-47(45(33-43)51(5,6)41-25-17-11-18-26-41)58-60-54-35-53(36-55-60)37-56-61(57-38-53)59-48-32-30-44(50(3,4)40-23-15-10-16-24-40)34-46(48)52(7,8)42-27-19-12-20-28-42/h9-34H,35-38H2,1-8H3/t53?,60-,61-. The minimum Gasteiger partial charge on any atom is -0.426 e. The van der Waals surface area contributed by atoms with Crippen LogP contribution in [0.5, 0.6) is 11.5 Å². The molecule has 0 unspecified atom stereocenters. The van der Waals surface area contributed by atoms with Crippen molar-refractivity contribution in [3.05, 3.63) is 202 Å². The second-order valence-electron chi connectivity index (χ2n) is 18.6. The number of hydrogen-bond donors (Lipinski definition) is 0. The maximum Gasteiger partial charge on any atom is 0.397 e. The van der Waals surface area contributed by atoms with E-state index in [1.807, 2.05) is 0 Å². The van der Waals surface area contributed by atoms with Gasteiger partial charge in [-0.3, -0.25) is 0 Å². The summed E-state index contributed by atoms with van der Waals surface area (Å²) in [6, 6.07) is 55.6. The Balaban J connectivity index is 0.971. The third-order valence-electron chi connectivity index (χ3n) is 13.0. The van der Waals surface area contributed by atoms with Crippen molar-refractivity contribution in [3.63, 3.8) is 0 Å². The molecule has 2 fully saturated rings. The predicted molar refractivity (Wildman–Crippen MR) is 249 cm³/mol. The van der Waals surface area contributed by atoms with E-state index in [0.29, 0.717) is 26.4 Å². The first-order valence-corrected chi connectivity index (χ1v) is 23.4. The van der Waals surface area contributed by atoms with Crippen molar-refractivity contribution in [2.24, 2.45) is 5.41 Å². The van der Waals surface area contributed by atoms with Crippen LogP contribution in [0.2, 0.25) is 0 Å². The number of hydrogen-bond acceptors (Lipinski definition) is 6. The summed E-state index contributed by atoms with van der Waals surface area (Å²) in [4.78, 5) is 0. The molecule has 8 rings (SSSR count). The van der Waals surface area contributed by atoms with Gasteiger partial charge in [0, 0.05) is 32.8 Å². The lowest BCUT2D eigenvalue weighted by Crippen LogP contribution is -2.45. The van der Waals surface area contributed by atoms with Crippen molar-refractivity contribution in [2.75, 3.05) is 26.4 Å². The summed E-state index contributed by atoms with van der Waals surface area (Å²) in [5.74, 6) is 1.51. The third-order valence-corrected chi connectivity index (χ3v) is 15.0. The van der Waals surface area contributed by atoms with Crippen molar-refractivity contribution in [1.29, 1.82) is 0 Å². The second-order valence-corrected chi connectivity index (χ2v) is 20.9. The van der Waals surface area contributed by atoms with Crippen LogP contribution in [-0.2, 0) is 39.8 Å². The zero-order valence-corrected chi connectivity index (χ0v) is 38.5. The van der Waals surface area contributed by atoms with Crippen LogP contribution in [0.15, 0.2) is 158 Å². The normalized spacial score (nSPS) is 20.0. The molecule has 0 aliphatic carbocycles. The van der Waals surface area contributed by atoms with Crippen molar-refractivity contribution < 1.29 is 27.1 Å². The zero-order chi connectivity index (χ0) is 42.9. The highest BCUT2D eigenvalue weighted by Gasteiger charge is 2.46. The molecule has 6 aromatic rings. The zero-order valence-electron chi connectivity index (χ0n) is 36.7. The van der Waals surface area contributed by atoms with Crippen molar-refractivity contribution in [2.45, 2.75) is 77.0 Å². The fraction of sp³-hybridized carbons (Fsp3) is 0.321. The van der Waals surface area contributed by atoms with Gasteiger partial charge in [0.15, 0.2) is 0 Å². The molecule has 6 nitrogen and oxygen atoms in total. The van der Waals surface area contributed by atoms with Crippen LogP contribution in [0.4, 0.5) is 0 Å². The Labute approximate surface area is 365 Å². The third kappa shape index (κ3) is 8.96. The van der Waals surface area contributed by atoms with Crippen LogP contribution in [0.1, 0.15) is 99.9 Å². The van der Waals surface area contributed by atoms with E-state index in [9.17, 15) is 0 Å². The highest BCUT2D eigenvalue weighted by Crippen LogP contribution is 2.55. The van der Waals surface area contributed by atoms with Gasteiger partial charge in [-0.2, -0.15) is 0 Å². The van der Waals surface area contributed by atoms with Gasteiger partial charge in [0.25, 0.3) is 0 Å². The molecule has 2 aliphatic rings. The Morgan fingerprint density at radius 2 is 0.639 bits per heavy atom. The van der Waals surface area contributed by atoms with E-state index in [4.69, 9.17) is 27.1 Å². The van der Waals surface area contributed by atoms with Gasteiger partial charge in [0.05, 0.1) is 31.8 Å². The van der Waals surface area contributed by atoms with Crippen LogP contribution >= 0.6 is 17.2 Å². The largest absolute Gasteiger partial charge is 0.426 e. The average molecular weight is 853 g/mol. The van der Waals surface area contributed by atoms with Gasteiger partial charge in [0.1, 0.15) is 11.5 Å². The van der Waals surface area contributed by atoms with Crippen LogP contribution < -0.4 is 9.05 Å². The van der Waals surface area contributed by atoms with Gasteiger partial charge in [0.2, 0.25) is 0 Å². The Hall–Kier alpha value is -4.38. The molecule has 2 heterocycles. The summed E-state index contributed by atoms with van der Waals surface area (Å²) in [7, 11) is -3.34. The molecular weight excluding hydrogens is 795 g/mol. The summed E-state index contributed by atoms with van der Waals surface area (Å²) in [6.45, 7) is 19.6. The van der Waals surface area contributed by atoms with E-state index < -0.39 is 22.6 Å². The first-order valence-electron chi connectivity index (χ1n) is 21.2. The van der Waals surface area contributed by atoms with Crippen molar-refractivity contribution >= 4 is 17.2 Å². The number of rotatable bonds is 12. The van der Waals surface area contributed by atoms with Crippen molar-refractivity contribution in [3.8, 4) is 11.5 Å². The quantitative estimate of drug-likeness (QED) is 0.114. The van der Waals surface area contributed by atoms with E-state index in [0.717, 1.165) is 22.6 Å². The number of benzene rings is 6. The fourth-order valence-electron chi connectivity index (χ4n) is 8.39. The molecule has 0 aromatic heterocycles. The van der Waals surface area contributed by atoms with Crippen molar-refractivity contribution in [1.82, 2.24) is 0 Å². The van der Waals surface area contributed by atoms with Gasteiger partial charge in [-0.05, 0) is 45.5 Å². The molecule has 6 aromatic carbocycles. The highest BCUT2D eigenvalue weighted by atomic mass is 31.2. The summed E-state index contributed by atoms with van der Waals surface area (Å²) < 4.78 is 38.9. The van der Waals surface area contributed by atoms with E-state index >= 15 is 0 Å². The minimum atomic E-state index is -1.67. The van der Waals surface area contributed by atoms with E-state index in [2.05, 4.69) is 213 Å². The van der Waals surface area contributed by atoms with Gasteiger partial charge in [-0.25, -0.2) is 0 Å². The molecule has 316 valence electrons. The fourth-order valence-corrected chi connectivity index (χ4v) is 10.9. The highest BCUT2D eigenvalue weighted by molar-refractivity contribution is 7.42. The van der Waals surface area contributed by atoms with Gasteiger partial charge in [-0.1, -0.05) is 201 Å². The maximum absolute atomic E-state index is 6.66. The summed E-state index contributed by atoms with van der Waals surface area (Å²) in [6.07, 6.45) is 0. The molecule has 0 amide bonds. The first kappa shape index (κ1) is 43.3. The van der Waals surface area contributed by atoms with Crippen LogP contribution in [-0.4, -0.2) is 26.4 Å². The molecule has 1 spiro atoms. The molecule has 0 N–H and O–H groups in total. The lowest BCUT2D eigenvalue weighted by atomic mass is 9.73. The SMILES string of the molecule is CC(C)(c1ccccc1)c1ccc(O[P@]2OCC3(CO[P@@](Oc4ccc(C(C)(C)c5ccccc5)cc4C(C)(C)c4ccccc4)OC3)CO2)c(C(C)(C)c2ccccc2)c1. The predicted octanol–water partition coefficient (Wildman–Crippen LogP) is 14.0. The monoisotopic (exact) mass is 852 g/mol. The second kappa shape index (κ2) is 17.4. The average Bonchev–Trinajstić information content (AvgIpc) is 3.29. The van der Waals surface area contributed by atoms with Gasteiger partial charge < -0.3 is 27.1 Å². The van der Waals surface area contributed by atoms with Gasteiger partial charge >= 0.3 is 17.2 Å². The van der Waals surface area contributed by atoms with E-state index in [1.54, 1.807) is 0 Å². The lowest BCUT2D eigenvalue weighted by Gasteiger charge is -2.41. The molecule has 0 saturated carbocycles. The smallest absolute Gasteiger partial charge is 0.397 e. The maximum atomic E-state index is 6.66. The molecule has 0 radical (unpaired) electrons.